The van der Waals surface area contributed by atoms with Gasteiger partial charge in [0.15, 0.2) is 0 Å². The Morgan fingerprint density at radius 2 is 1.89 bits per heavy atom. The number of carboxylic acids is 1. The van der Waals surface area contributed by atoms with Crippen LogP contribution in [0.1, 0.15) is 23.1 Å². The molecule has 1 aromatic heterocycles. The Balaban J connectivity index is 1.71. The third-order valence-corrected chi connectivity index (χ3v) is 4.41. The van der Waals surface area contributed by atoms with E-state index >= 15 is 0 Å². The second-order valence-electron chi connectivity index (χ2n) is 6.56. The molecule has 2 aromatic carbocycles. The molecule has 0 saturated carbocycles. The first-order valence-corrected chi connectivity index (χ1v) is 9.05. The number of anilines is 1. The molecule has 2 N–H and O–H groups in total. The van der Waals surface area contributed by atoms with Gasteiger partial charge < -0.3 is 15.2 Å². The van der Waals surface area contributed by atoms with Gasteiger partial charge in [0.25, 0.3) is 0 Å². The summed E-state index contributed by atoms with van der Waals surface area (Å²) in [6.45, 7) is 2.72. The number of rotatable bonds is 8. The van der Waals surface area contributed by atoms with E-state index in [1.54, 1.807) is 19.5 Å². The van der Waals surface area contributed by atoms with Gasteiger partial charge in [-0.25, -0.2) is 9.97 Å². The highest BCUT2D eigenvalue weighted by molar-refractivity contribution is 5.68. The number of carbonyl (C=O) groups is 1. The second kappa shape index (κ2) is 8.99. The fourth-order valence-electron chi connectivity index (χ4n) is 2.97. The number of aliphatic carboxylic acids is 1. The molecule has 0 bridgehead atoms. The molecule has 0 aliphatic heterocycles. The molecule has 0 amide bonds. The average Bonchev–Trinajstić information content (AvgIpc) is 2.71. The number of carboxylic acid groups (broad SMARTS) is 1. The van der Waals surface area contributed by atoms with Crippen LogP contribution in [0.15, 0.2) is 54.9 Å². The molecule has 6 heteroatoms. The SMILES string of the molecule is COc1ccc(-c2cnc(NCc3cccc(C)c3)nc2)cc1CCC(=O)O. The van der Waals surface area contributed by atoms with Crippen molar-refractivity contribution in [2.24, 2.45) is 0 Å². The average molecular weight is 377 g/mol. The predicted molar refractivity (Wildman–Crippen MR) is 108 cm³/mol. The summed E-state index contributed by atoms with van der Waals surface area (Å²) in [6, 6.07) is 14.0. The molecule has 0 fully saturated rings. The van der Waals surface area contributed by atoms with E-state index in [4.69, 9.17) is 9.84 Å². The maximum Gasteiger partial charge on any atom is 0.303 e. The van der Waals surface area contributed by atoms with Crippen molar-refractivity contribution in [1.29, 1.82) is 0 Å². The highest BCUT2D eigenvalue weighted by Gasteiger charge is 2.09. The number of nitrogens with zero attached hydrogens (tertiary/aromatic N) is 2. The van der Waals surface area contributed by atoms with Gasteiger partial charge in [-0.3, -0.25) is 4.79 Å². The molecular formula is C22H23N3O3. The van der Waals surface area contributed by atoms with Crippen LogP contribution in [0.2, 0.25) is 0 Å². The highest BCUT2D eigenvalue weighted by Crippen LogP contribution is 2.27. The van der Waals surface area contributed by atoms with Crippen LogP contribution in [0.25, 0.3) is 11.1 Å². The van der Waals surface area contributed by atoms with Crippen LogP contribution >= 0.6 is 0 Å². The van der Waals surface area contributed by atoms with E-state index in [0.29, 0.717) is 24.7 Å². The molecule has 28 heavy (non-hydrogen) atoms. The van der Waals surface area contributed by atoms with Gasteiger partial charge in [-0.05, 0) is 42.2 Å². The number of hydrogen-bond acceptors (Lipinski definition) is 5. The first-order valence-electron chi connectivity index (χ1n) is 9.05. The van der Waals surface area contributed by atoms with Crippen LogP contribution in [0.3, 0.4) is 0 Å². The zero-order valence-electron chi connectivity index (χ0n) is 16.0. The van der Waals surface area contributed by atoms with E-state index in [9.17, 15) is 4.79 Å². The van der Waals surface area contributed by atoms with Gasteiger partial charge in [0.2, 0.25) is 5.95 Å². The molecule has 0 spiro atoms. The summed E-state index contributed by atoms with van der Waals surface area (Å²) >= 11 is 0. The first kappa shape index (κ1) is 19.4. The van der Waals surface area contributed by atoms with Crippen LogP contribution in [0.5, 0.6) is 5.75 Å². The lowest BCUT2D eigenvalue weighted by Gasteiger charge is -2.11. The summed E-state index contributed by atoms with van der Waals surface area (Å²) < 4.78 is 5.34. The fraction of sp³-hybridized carbons (Fsp3) is 0.227. The fourth-order valence-corrected chi connectivity index (χ4v) is 2.97. The van der Waals surface area contributed by atoms with Gasteiger partial charge in [0.05, 0.1) is 7.11 Å². The van der Waals surface area contributed by atoms with Crippen LogP contribution in [-0.4, -0.2) is 28.2 Å². The summed E-state index contributed by atoms with van der Waals surface area (Å²) in [4.78, 5) is 19.7. The minimum Gasteiger partial charge on any atom is -0.496 e. The van der Waals surface area contributed by atoms with Crippen molar-refractivity contribution in [2.45, 2.75) is 26.3 Å². The lowest BCUT2D eigenvalue weighted by Crippen LogP contribution is -2.03. The molecule has 1 heterocycles. The Labute approximate surface area is 164 Å². The van der Waals surface area contributed by atoms with Crippen LogP contribution in [-0.2, 0) is 17.8 Å². The number of methoxy groups -OCH3 is 1. The normalized spacial score (nSPS) is 10.5. The smallest absolute Gasteiger partial charge is 0.303 e. The van der Waals surface area contributed by atoms with Gasteiger partial charge in [-0.1, -0.05) is 35.9 Å². The molecule has 144 valence electrons. The minimum absolute atomic E-state index is 0.0537. The van der Waals surface area contributed by atoms with Gasteiger partial charge in [0.1, 0.15) is 5.75 Å². The lowest BCUT2D eigenvalue weighted by atomic mass is 10.0. The summed E-state index contributed by atoms with van der Waals surface area (Å²) in [7, 11) is 1.58. The largest absolute Gasteiger partial charge is 0.496 e. The first-order chi connectivity index (χ1) is 13.5. The van der Waals surface area contributed by atoms with Gasteiger partial charge in [0, 0.05) is 30.9 Å². The van der Waals surface area contributed by atoms with E-state index in [-0.39, 0.29) is 6.42 Å². The van der Waals surface area contributed by atoms with Gasteiger partial charge >= 0.3 is 5.97 Å². The van der Waals surface area contributed by atoms with Crippen molar-refractivity contribution >= 4 is 11.9 Å². The standard InChI is InChI=1S/C22H23N3O3/c1-15-4-3-5-16(10-15)12-23-22-24-13-19(14-25-22)17-6-8-20(28-2)18(11-17)7-9-21(26)27/h3-6,8,10-11,13-14H,7,9,12H2,1-2H3,(H,26,27)(H,23,24,25). The second-order valence-corrected chi connectivity index (χ2v) is 6.56. The van der Waals surface area contributed by atoms with Crippen LogP contribution < -0.4 is 10.1 Å². The van der Waals surface area contributed by atoms with Crippen LogP contribution in [0, 0.1) is 6.92 Å². The Kier molecular flexibility index (Phi) is 6.22. The zero-order valence-corrected chi connectivity index (χ0v) is 16.0. The number of ether oxygens (including phenoxy) is 1. The molecule has 0 atom stereocenters. The summed E-state index contributed by atoms with van der Waals surface area (Å²) in [5.41, 5.74) is 5.02. The summed E-state index contributed by atoms with van der Waals surface area (Å²) in [6.07, 6.45) is 3.98. The molecule has 3 rings (SSSR count). The zero-order chi connectivity index (χ0) is 19.9. The van der Waals surface area contributed by atoms with Crippen LogP contribution in [0.4, 0.5) is 5.95 Å². The van der Waals surface area contributed by atoms with Crippen molar-refractivity contribution in [2.75, 3.05) is 12.4 Å². The van der Waals surface area contributed by atoms with E-state index in [1.807, 2.05) is 24.3 Å². The molecule has 3 aromatic rings. The van der Waals surface area contributed by atoms with E-state index < -0.39 is 5.97 Å². The number of hydrogen-bond donors (Lipinski definition) is 2. The van der Waals surface area contributed by atoms with Crippen molar-refractivity contribution < 1.29 is 14.6 Å². The number of aromatic nitrogens is 2. The van der Waals surface area contributed by atoms with Crippen molar-refractivity contribution in [3.8, 4) is 16.9 Å². The summed E-state index contributed by atoms with van der Waals surface area (Å²) in [5.74, 6) is 0.409. The molecule has 0 radical (unpaired) electrons. The van der Waals surface area contributed by atoms with E-state index in [2.05, 4.69) is 40.4 Å². The maximum atomic E-state index is 10.9. The molecule has 6 nitrogen and oxygen atoms in total. The molecule has 0 aliphatic carbocycles. The van der Waals surface area contributed by atoms with Gasteiger partial charge in [-0.2, -0.15) is 0 Å². The third kappa shape index (κ3) is 5.07. The monoisotopic (exact) mass is 377 g/mol. The Hall–Kier alpha value is -3.41. The Morgan fingerprint density at radius 3 is 2.57 bits per heavy atom. The van der Waals surface area contributed by atoms with Crippen molar-refractivity contribution in [1.82, 2.24) is 9.97 Å². The minimum atomic E-state index is -0.833. The van der Waals surface area contributed by atoms with Gasteiger partial charge in [-0.15, -0.1) is 0 Å². The van der Waals surface area contributed by atoms with Crippen molar-refractivity contribution in [3.63, 3.8) is 0 Å². The quantitative estimate of drug-likeness (QED) is 0.615. The third-order valence-electron chi connectivity index (χ3n) is 4.41. The lowest BCUT2D eigenvalue weighted by molar-refractivity contribution is -0.136. The Morgan fingerprint density at radius 1 is 1.11 bits per heavy atom. The topological polar surface area (TPSA) is 84.3 Å². The van der Waals surface area contributed by atoms with E-state index in [0.717, 1.165) is 16.7 Å². The Bertz CT molecular complexity index is 955. The number of nitrogens with one attached hydrogen (secondary N) is 1. The van der Waals surface area contributed by atoms with Crippen molar-refractivity contribution in [3.05, 3.63) is 71.5 Å². The maximum absolute atomic E-state index is 10.9. The van der Waals surface area contributed by atoms with E-state index in [1.165, 1.54) is 11.1 Å². The molecular weight excluding hydrogens is 354 g/mol. The highest BCUT2D eigenvalue weighted by atomic mass is 16.5. The molecule has 0 aliphatic rings. The molecule has 0 saturated heterocycles. The molecule has 0 unspecified atom stereocenters. The predicted octanol–water partition coefficient (Wildman–Crippen LogP) is 4.09. The summed E-state index contributed by atoms with van der Waals surface area (Å²) in [5, 5.41) is 12.2. The number of aryl methyl sites for hydroxylation is 2. The number of benzene rings is 2.